The van der Waals surface area contributed by atoms with Crippen LogP contribution in [0.1, 0.15) is 22.9 Å². The van der Waals surface area contributed by atoms with Crippen molar-refractivity contribution in [3.8, 4) is 22.6 Å². The first kappa shape index (κ1) is 32.4. The number of aromatic nitrogens is 1. The lowest BCUT2D eigenvalue weighted by atomic mass is 9.95. The molecule has 0 saturated heterocycles. The molecule has 1 aliphatic heterocycles. The summed E-state index contributed by atoms with van der Waals surface area (Å²) in [4.78, 5) is 15.3. The van der Waals surface area contributed by atoms with Crippen molar-refractivity contribution in [1.29, 1.82) is 0 Å². The fourth-order valence-electron chi connectivity index (χ4n) is 8.35. The van der Waals surface area contributed by atoms with Crippen molar-refractivity contribution in [2.75, 3.05) is 0 Å². The van der Waals surface area contributed by atoms with Crippen molar-refractivity contribution < 1.29 is 8.83 Å². The average Bonchev–Trinajstić information content (AvgIpc) is 3.92. The predicted octanol–water partition coefficient (Wildman–Crippen LogP) is 13.8. The van der Waals surface area contributed by atoms with Crippen molar-refractivity contribution in [2.24, 2.45) is 9.98 Å². The van der Waals surface area contributed by atoms with Crippen LogP contribution in [0.2, 0.25) is 0 Å². The number of nitrogens with zero attached hydrogens (tertiary/aromatic N) is 4. The highest BCUT2D eigenvalue weighted by Crippen LogP contribution is 2.40. The average molecular weight is 744 g/mol. The van der Waals surface area contributed by atoms with Crippen LogP contribution in [0, 0.1) is 0 Å². The molecule has 0 fully saturated rings. The van der Waals surface area contributed by atoms with Gasteiger partial charge in [0.2, 0.25) is 5.89 Å². The number of aliphatic imine (C=N–C) groups is 2. The van der Waals surface area contributed by atoms with Crippen LogP contribution in [0.15, 0.2) is 201 Å². The van der Waals surface area contributed by atoms with E-state index in [1.807, 2.05) is 48.5 Å². The van der Waals surface area contributed by atoms with Crippen LogP contribution in [0.5, 0.6) is 0 Å². The Kier molecular flexibility index (Phi) is 7.19. The number of fused-ring (bicyclic) bond motifs is 10. The van der Waals surface area contributed by atoms with Gasteiger partial charge in [0.15, 0.2) is 5.58 Å². The van der Waals surface area contributed by atoms with Crippen LogP contribution in [-0.2, 0) is 0 Å². The molecular formula is C52H31N4O2-. The molecule has 1 atom stereocenters. The Morgan fingerprint density at radius 2 is 1.12 bits per heavy atom. The largest absolute Gasteiger partial charge is 0.456 e. The molecule has 3 heterocycles. The summed E-state index contributed by atoms with van der Waals surface area (Å²) in [5, 5.41) is 14.0. The molecule has 0 radical (unpaired) electrons. The summed E-state index contributed by atoms with van der Waals surface area (Å²) < 4.78 is 12.7. The molecular weight excluding hydrogens is 713 g/mol. The van der Waals surface area contributed by atoms with E-state index in [0.29, 0.717) is 17.6 Å². The van der Waals surface area contributed by atoms with Crippen molar-refractivity contribution >= 4 is 77.0 Å². The Bertz CT molecular complexity index is 3490. The third kappa shape index (κ3) is 5.30. The van der Waals surface area contributed by atoms with E-state index in [0.717, 1.165) is 93.4 Å². The molecule has 6 heteroatoms. The van der Waals surface area contributed by atoms with Gasteiger partial charge < -0.3 is 19.1 Å². The number of furan rings is 1. The van der Waals surface area contributed by atoms with E-state index in [2.05, 4.69) is 133 Å². The van der Waals surface area contributed by atoms with Crippen LogP contribution < -0.4 is 0 Å². The maximum atomic E-state index is 6.44. The zero-order chi connectivity index (χ0) is 38.2. The topological polar surface area (TPSA) is 78.0 Å². The Labute approximate surface area is 332 Å². The van der Waals surface area contributed by atoms with E-state index in [9.17, 15) is 0 Å². The van der Waals surface area contributed by atoms with Gasteiger partial charge in [-0.1, -0.05) is 151 Å². The lowest BCUT2D eigenvalue weighted by Crippen LogP contribution is -2.15. The molecule has 11 aromatic rings. The summed E-state index contributed by atoms with van der Waals surface area (Å²) in [5.74, 6) is 1.90. The molecule has 0 saturated carbocycles. The SMILES string of the molecule is c1ccc(-c2nc3c4ccc(-c5ccc(C6=NC(c7ccc8c(c7)oc7ccccc78)[N-]C(c7ccc8ccccc8c7)=N6)cc5)cc4c4ccccc4c3o2)cc1. The standard InChI is InChI=1S/C52H31N4O2/c1-2-11-34(12-3-1)52-53-47-42-27-24-36(29-44(42)39-14-6-7-16-43(39)48(47)58-52)32-18-21-33(22-19-32)49-54-50(37-23-20-31-10-4-5-13-35(31)28-37)56-51(55-49)38-25-26-41-40-15-8-9-17-45(40)57-46(41)30-38/h1-30,51H/q-1. The third-order valence-corrected chi connectivity index (χ3v) is 11.3. The second kappa shape index (κ2) is 12.9. The molecule has 12 rings (SSSR count). The number of amidine groups is 2. The molecule has 0 aliphatic carbocycles. The number of hydrogen-bond donors (Lipinski definition) is 0. The molecule has 58 heavy (non-hydrogen) atoms. The molecule has 272 valence electrons. The Morgan fingerprint density at radius 3 is 2.00 bits per heavy atom. The van der Waals surface area contributed by atoms with E-state index in [1.165, 1.54) is 5.39 Å². The molecule has 0 bridgehead atoms. The number of para-hydroxylation sites is 1. The summed E-state index contributed by atoms with van der Waals surface area (Å²) in [7, 11) is 0. The zero-order valence-electron chi connectivity index (χ0n) is 31.0. The molecule has 0 spiro atoms. The smallest absolute Gasteiger partial charge is 0.227 e. The van der Waals surface area contributed by atoms with Crippen molar-refractivity contribution in [3.05, 3.63) is 204 Å². The van der Waals surface area contributed by atoms with Crippen molar-refractivity contribution in [3.63, 3.8) is 0 Å². The summed E-state index contributed by atoms with van der Waals surface area (Å²) in [5.41, 5.74) is 9.29. The van der Waals surface area contributed by atoms with Gasteiger partial charge in [0.1, 0.15) is 16.7 Å². The molecule has 2 aromatic heterocycles. The first-order valence-electron chi connectivity index (χ1n) is 19.4. The monoisotopic (exact) mass is 743 g/mol. The van der Waals surface area contributed by atoms with Gasteiger partial charge in [-0.05, 0) is 85.8 Å². The Hall–Kier alpha value is -7.83. The van der Waals surface area contributed by atoms with Crippen LogP contribution in [-0.4, -0.2) is 16.7 Å². The summed E-state index contributed by atoms with van der Waals surface area (Å²) >= 11 is 0. The normalized spacial score (nSPS) is 14.4. The van der Waals surface area contributed by atoms with E-state index in [4.69, 9.17) is 29.1 Å². The molecule has 9 aromatic carbocycles. The van der Waals surface area contributed by atoms with Crippen LogP contribution in [0.25, 0.3) is 93.3 Å². The van der Waals surface area contributed by atoms with Gasteiger partial charge in [-0.15, -0.1) is 0 Å². The van der Waals surface area contributed by atoms with Gasteiger partial charge in [0.05, 0.1) is 12.0 Å². The van der Waals surface area contributed by atoms with Crippen LogP contribution in [0.4, 0.5) is 0 Å². The minimum absolute atomic E-state index is 0.504. The summed E-state index contributed by atoms with van der Waals surface area (Å²) in [6.45, 7) is 0. The Balaban J connectivity index is 0.944. The first-order chi connectivity index (χ1) is 28.7. The van der Waals surface area contributed by atoms with Gasteiger partial charge in [-0.3, -0.25) is 4.99 Å². The third-order valence-electron chi connectivity index (χ3n) is 11.3. The van der Waals surface area contributed by atoms with Crippen LogP contribution in [0.3, 0.4) is 0 Å². The quantitative estimate of drug-likeness (QED) is 0.165. The fraction of sp³-hybridized carbons (Fsp3) is 0.0192. The first-order valence-corrected chi connectivity index (χ1v) is 19.4. The number of hydrogen-bond acceptors (Lipinski definition) is 5. The second-order valence-corrected chi connectivity index (χ2v) is 14.8. The van der Waals surface area contributed by atoms with Gasteiger partial charge in [0, 0.05) is 27.1 Å². The summed E-state index contributed by atoms with van der Waals surface area (Å²) in [6.07, 6.45) is -0.504. The zero-order valence-corrected chi connectivity index (χ0v) is 31.0. The van der Waals surface area contributed by atoms with Crippen molar-refractivity contribution in [1.82, 2.24) is 4.98 Å². The van der Waals surface area contributed by atoms with E-state index in [-0.39, 0.29) is 0 Å². The number of rotatable bonds is 5. The van der Waals surface area contributed by atoms with Crippen LogP contribution >= 0.6 is 0 Å². The van der Waals surface area contributed by atoms with Gasteiger partial charge in [-0.2, -0.15) is 0 Å². The highest BCUT2D eigenvalue weighted by Gasteiger charge is 2.19. The lowest BCUT2D eigenvalue weighted by Gasteiger charge is -2.32. The molecule has 6 nitrogen and oxygen atoms in total. The Morgan fingerprint density at radius 1 is 0.431 bits per heavy atom. The van der Waals surface area contributed by atoms with Gasteiger partial charge >= 0.3 is 0 Å². The highest BCUT2D eigenvalue weighted by atomic mass is 16.3. The van der Waals surface area contributed by atoms with E-state index in [1.54, 1.807) is 0 Å². The maximum Gasteiger partial charge on any atom is 0.227 e. The van der Waals surface area contributed by atoms with Gasteiger partial charge in [0.25, 0.3) is 0 Å². The fourth-order valence-corrected chi connectivity index (χ4v) is 8.35. The van der Waals surface area contributed by atoms with Gasteiger partial charge in [-0.25, -0.2) is 4.98 Å². The van der Waals surface area contributed by atoms with E-state index >= 15 is 0 Å². The lowest BCUT2D eigenvalue weighted by molar-refractivity contribution is 0.623. The molecule has 1 unspecified atom stereocenters. The minimum atomic E-state index is -0.504. The van der Waals surface area contributed by atoms with Crippen molar-refractivity contribution in [2.45, 2.75) is 6.17 Å². The summed E-state index contributed by atoms with van der Waals surface area (Å²) in [6, 6.07) is 62.7. The molecule has 1 aliphatic rings. The predicted molar refractivity (Wildman–Crippen MR) is 237 cm³/mol. The van der Waals surface area contributed by atoms with E-state index < -0.39 is 6.17 Å². The minimum Gasteiger partial charge on any atom is -0.456 e. The molecule has 0 amide bonds. The maximum absolute atomic E-state index is 6.44. The second-order valence-electron chi connectivity index (χ2n) is 14.8. The number of oxazole rings is 1. The number of benzene rings is 9. The molecule has 0 N–H and O–H groups in total. The highest BCUT2D eigenvalue weighted by molar-refractivity contribution is 6.23.